The molecule has 3 aromatic heterocycles. The number of hydrogen-bond donors (Lipinski definition) is 1. The highest BCUT2D eigenvalue weighted by Crippen LogP contribution is 2.16. The SMILES string of the molecule is Cl.Cn1cc(-n2ccc(=O)c(Cc3cccc(-c4nc[nH]n4)c3)n2)cn1. The Morgan fingerprint density at radius 1 is 1.23 bits per heavy atom. The Morgan fingerprint density at radius 2 is 2.12 bits per heavy atom. The van der Waals surface area contributed by atoms with Crippen LogP contribution in [0.15, 0.2) is 60.0 Å². The number of H-pyrrole nitrogens is 1. The Hall–Kier alpha value is -3.26. The van der Waals surface area contributed by atoms with Crippen LogP contribution in [0.5, 0.6) is 0 Å². The monoisotopic (exact) mass is 369 g/mol. The topological polar surface area (TPSA) is 94.3 Å². The van der Waals surface area contributed by atoms with Gasteiger partial charge in [-0.15, -0.1) is 12.4 Å². The molecule has 0 aliphatic rings. The van der Waals surface area contributed by atoms with Crippen molar-refractivity contribution in [3.63, 3.8) is 0 Å². The predicted octanol–water partition coefficient (Wildman–Crippen LogP) is 1.76. The van der Waals surface area contributed by atoms with Gasteiger partial charge in [0.1, 0.15) is 17.7 Å². The Kier molecular flexibility index (Phi) is 4.94. The molecule has 0 atom stereocenters. The van der Waals surface area contributed by atoms with Gasteiger partial charge in [0.15, 0.2) is 5.82 Å². The fourth-order valence-corrected chi connectivity index (χ4v) is 2.60. The predicted molar refractivity (Wildman–Crippen MR) is 98.5 cm³/mol. The van der Waals surface area contributed by atoms with Crippen LogP contribution >= 0.6 is 12.4 Å². The van der Waals surface area contributed by atoms with Gasteiger partial charge in [-0.05, 0) is 11.6 Å². The van der Waals surface area contributed by atoms with Crippen molar-refractivity contribution in [1.29, 1.82) is 0 Å². The number of nitrogens with zero attached hydrogens (tertiary/aromatic N) is 6. The number of aromatic nitrogens is 7. The molecule has 4 aromatic rings. The summed E-state index contributed by atoms with van der Waals surface area (Å²) in [5.74, 6) is 0.621. The third-order valence-electron chi connectivity index (χ3n) is 3.81. The molecule has 1 N–H and O–H groups in total. The van der Waals surface area contributed by atoms with Crippen LogP contribution < -0.4 is 5.43 Å². The number of rotatable bonds is 4. The van der Waals surface area contributed by atoms with Crippen LogP contribution in [0.3, 0.4) is 0 Å². The zero-order chi connectivity index (χ0) is 17.2. The average molecular weight is 370 g/mol. The Balaban J connectivity index is 0.00000196. The van der Waals surface area contributed by atoms with Crippen LogP contribution in [-0.2, 0) is 13.5 Å². The second-order valence-electron chi connectivity index (χ2n) is 5.64. The van der Waals surface area contributed by atoms with Crippen LogP contribution in [0.2, 0.25) is 0 Å². The third-order valence-corrected chi connectivity index (χ3v) is 3.81. The summed E-state index contributed by atoms with van der Waals surface area (Å²) in [5.41, 5.74) is 3.04. The quantitative estimate of drug-likeness (QED) is 0.591. The fraction of sp³-hybridized carbons (Fsp3) is 0.118. The van der Waals surface area contributed by atoms with E-state index in [-0.39, 0.29) is 17.8 Å². The van der Waals surface area contributed by atoms with Crippen LogP contribution in [0, 0.1) is 0 Å². The van der Waals surface area contributed by atoms with Gasteiger partial charge in [0, 0.05) is 31.3 Å². The van der Waals surface area contributed by atoms with E-state index in [0.717, 1.165) is 16.8 Å². The molecule has 0 unspecified atom stereocenters. The number of aryl methyl sites for hydroxylation is 1. The van der Waals surface area contributed by atoms with Crippen molar-refractivity contribution < 1.29 is 0 Å². The van der Waals surface area contributed by atoms with Gasteiger partial charge in [0.05, 0.1) is 12.4 Å². The standard InChI is InChI=1S/C17H15N7O.ClH/c1-23-10-14(9-20-23)24-6-5-16(25)15(22-24)8-12-3-2-4-13(7-12)17-18-11-19-21-17;/h2-7,9-11H,8H2,1H3,(H,18,19,21);1H. The lowest BCUT2D eigenvalue weighted by atomic mass is 10.1. The van der Waals surface area contributed by atoms with Crippen LogP contribution in [0.25, 0.3) is 17.1 Å². The van der Waals surface area contributed by atoms with Crippen molar-refractivity contribution in [2.45, 2.75) is 6.42 Å². The third kappa shape index (κ3) is 3.55. The zero-order valence-corrected chi connectivity index (χ0v) is 14.7. The maximum absolute atomic E-state index is 12.2. The van der Waals surface area contributed by atoms with Crippen molar-refractivity contribution in [3.8, 4) is 17.1 Å². The highest BCUT2D eigenvalue weighted by atomic mass is 35.5. The molecule has 0 saturated carbocycles. The first-order valence-corrected chi connectivity index (χ1v) is 7.72. The summed E-state index contributed by atoms with van der Waals surface area (Å²) in [6.45, 7) is 0. The average Bonchev–Trinajstić information content (AvgIpc) is 3.29. The van der Waals surface area contributed by atoms with E-state index in [4.69, 9.17) is 0 Å². The van der Waals surface area contributed by atoms with Gasteiger partial charge in [0.25, 0.3) is 0 Å². The number of hydrogen-bond acceptors (Lipinski definition) is 5. The molecule has 0 aliphatic heterocycles. The molecule has 132 valence electrons. The molecule has 3 heterocycles. The molecule has 8 nitrogen and oxygen atoms in total. The first kappa shape index (κ1) is 17.6. The number of halogens is 1. The fourth-order valence-electron chi connectivity index (χ4n) is 2.60. The molecule has 0 spiro atoms. The molecule has 0 amide bonds. The van der Waals surface area contributed by atoms with E-state index in [9.17, 15) is 4.79 Å². The highest BCUT2D eigenvalue weighted by molar-refractivity contribution is 5.85. The lowest BCUT2D eigenvalue weighted by molar-refractivity contribution is 0.762. The summed E-state index contributed by atoms with van der Waals surface area (Å²) in [7, 11) is 1.83. The second-order valence-corrected chi connectivity index (χ2v) is 5.64. The molecular formula is C17H16ClN7O. The van der Waals surface area contributed by atoms with Crippen molar-refractivity contribution in [2.24, 2.45) is 7.05 Å². The summed E-state index contributed by atoms with van der Waals surface area (Å²) in [6, 6.07) is 9.29. The van der Waals surface area contributed by atoms with E-state index in [1.807, 2.05) is 37.5 Å². The van der Waals surface area contributed by atoms with Crippen molar-refractivity contribution >= 4 is 12.4 Å². The molecular weight excluding hydrogens is 354 g/mol. The maximum Gasteiger partial charge on any atom is 0.203 e. The normalized spacial score (nSPS) is 10.5. The van der Waals surface area contributed by atoms with E-state index in [2.05, 4.69) is 25.4 Å². The van der Waals surface area contributed by atoms with E-state index in [1.54, 1.807) is 21.8 Å². The Morgan fingerprint density at radius 3 is 2.85 bits per heavy atom. The minimum Gasteiger partial charge on any atom is -0.288 e. The summed E-state index contributed by atoms with van der Waals surface area (Å²) in [5, 5.41) is 15.4. The minimum absolute atomic E-state index is 0. The van der Waals surface area contributed by atoms with Crippen molar-refractivity contribution in [3.05, 3.63) is 76.7 Å². The van der Waals surface area contributed by atoms with Crippen LogP contribution in [-0.4, -0.2) is 34.7 Å². The summed E-state index contributed by atoms with van der Waals surface area (Å²) < 4.78 is 3.35. The lowest BCUT2D eigenvalue weighted by Crippen LogP contribution is -2.16. The lowest BCUT2D eigenvalue weighted by Gasteiger charge is -2.06. The van der Waals surface area contributed by atoms with Crippen molar-refractivity contribution in [1.82, 2.24) is 34.7 Å². The van der Waals surface area contributed by atoms with Crippen LogP contribution in [0.4, 0.5) is 0 Å². The van der Waals surface area contributed by atoms with E-state index in [1.165, 1.54) is 12.4 Å². The molecule has 1 aromatic carbocycles. The largest absolute Gasteiger partial charge is 0.288 e. The van der Waals surface area contributed by atoms with Gasteiger partial charge in [-0.1, -0.05) is 18.2 Å². The zero-order valence-electron chi connectivity index (χ0n) is 13.9. The molecule has 0 fully saturated rings. The molecule has 9 heteroatoms. The van der Waals surface area contributed by atoms with Gasteiger partial charge in [-0.25, -0.2) is 9.67 Å². The second kappa shape index (κ2) is 7.32. The minimum atomic E-state index is -0.0940. The van der Waals surface area contributed by atoms with E-state index < -0.39 is 0 Å². The van der Waals surface area contributed by atoms with Crippen molar-refractivity contribution in [2.75, 3.05) is 0 Å². The maximum atomic E-state index is 12.2. The Bertz CT molecular complexity index is 1070. The van der Waals surface area contributed by atoms with Gasteiger partial charge in [0.2, 0.25) is 5.43 Å². The summed E-state index contributed by atoms with van der Waals surface area (Å²) >= 11 is 0. The number of aromatic amines is 1. The molecule has 0 saturated heterocycles. The van der Waals surface area contributed by atoms with Crippen LogP contribution in [0.1, 0.15) is 11.3 Å². The summed E-state index contributed by atoms with van der Waals surface area (Å²) in [4.78, 5) is 16.4. The molecule has 4 rings (SSSR count). The highest BCUT2D eigenvalue weighted by Gasteiger charge is 2.08. The number of nitrogens with one attached hydrogen (secondary N) is 1. The van der Waals surface area contributed by atoms with Gasteiger partial charge >= 0.3 is 0 Å². The molecule has 26 heavy (non-hydrogen) atoms. The van der Waals surface area contributed by atoms with Gasteiger partial charge < -0.3 is 0 Å². The first-order chi connectivity index (χ1) is 12.2. The molecule has 0 radical (unpaired) electrons. The molecule has 0 aliphatic carbocycles. The summed E-state index contributed by atoms with van der Waals surface area (Å²) in [6.07, 6.45) is 7.15. The van der Waals surface area contributed by atoms with E-state index in [0.29, 0.717) is 17.9 Å². The van der Waals surface area contributed by atoms with E-state index >= 15 is 0 Å². The van der Waals surface area contributed by atoms with Gasteiger partial charge in [-0.2, -0.15) is 15.3 Å². The van der Waals surface area contributed by atoms with Gasteiger partial charge in [-0.3, -0.25) is 14.6 Å². The number of benzene rings is 1. The molecule has 0 bridgehead atoms. The smallest absolute Gasteiger partial charge is 0.203 e. The Labute approximate surface area is 154 Å². The first-order valence-electron chi connectivity index (χ1n) is 7.72.